The van der Waals surface area contributed by atoms with Crippen molar-refractivity contribution in [1.29, 1.82) is 0 Å². The molecule has 0 fully saturated rings. The molecule has 0 saturated carbocycles. The third-order valence-electron chi connectivity index (χ3n) is 3.69. The molecule has 0 heterocycles. The number of unbranched alkanes of at least 4 members (excludes halogenated alkanes) is 1. The number of hydrogen-bond donors (Lipinski definition) is 1. The number of nitrogens with zero attached hydrogens (tertiary/aromatic N) is 1. The van der Waals surface area contributed by atoms with Gasteiger partial charge in [-0.15, -0.1) is 0 Å². The standard InChI is InChI=1S/C18H29NO2/c1-4-5-6-16-7-9-17(10-8-16)19(13-11-15(2)3)14-12-18(20)21/h7-10,15H,4-6,11-14H2,1-3H3,(H,20,21). The van der Waals surface area contributed by atoms with Gasteiger partial charge in [-0.3, -0.25) is 4.79 Å². The molecule has 1 N–H and O–H groups in total. The fourth-order valence-electron chi connectivity index (χ4n) is 2.27. The molecule has 0 aromatic heterocycles. The summed E-state index contributed by atoms with van der Waals surface area (Å²) < 4.78 is 0. The molecule has 0 radical (unpaired) electrons. The molecule has 0 amide bonds. The van der Waals surface area contributed by atoms with Crippen molar-refractivity contribution in [2.75, 3.05) is 18.0 Å². The van der Waals surface area contributed by atoms with Gasteiger partial charge in [-0.05, 0) is 42.9 Å². The lowest BCUT2D eigenvalue weighted by Crippen LogP contribution is -2.28. The Labute approximate surface area is 129 Å². The number of benzene rings is 1. The summed E-state index contributed by atoms with van der Waals surface area (Å²) in [5.41, 5.74) is 2.50. The maximum absolute atomic E-state index is 10.8. The molecule has 118 valence electrons. The van der Waals surface area contributed by atoms with Crippen LogP contribution < -0.4 is 4.90 Å². The molecule has 3 nitrogen and oxygen atoms in total. The molecule has 0 aliphatic heterocycles. The van der Waals surface area contributed by atoms with E-state index < -0.39 is 5.97 Å². The van der Waals surface area contributed by atoms with Gasteiger partial charge < -0.3 is 10.0 Å². The SMILES string of the molecule is CCCCc1ccc(N(CCC(=O)O)CCC(C)C)cc1. The van der Waals surface area contributed by atoms with E-state index in [9.17, 15) is 4.79 Å². The molecule has 0 unspecified atom stereocenters. The van der Waals surface area contributed by atoms with Gasteiger partial charge in [0, 0.05) is 18.8 Å². The van der Waals surface area contributed by atoms with Crippen LogP contribution in [0.4, 0.5) is 5.69 Å². The summed E-state index contributed by atoms with van der Waals surface area (Å²) in [5.74, 6) is -0.106. The number of rotatable bonds is 10. The van der Waals surface area contributed by atoms with Crippen molar-refractivity contribution >= 4 is 11.7 Å². The summed E-state index contributed by atoms with van der Waals surface area (Å²) in [6, 6.07) is 8.61. The minimum Gasteiger partial charge on any atom is -0.481 e. The van der Waals surface area contributed by atoms with Crippen LogP contribution in [0.1, 0.15) is 52.0 Å². The van der Waals surface area contributed by atoms with Crippen LogP contribution in [-0.4, -0.2) is 24.2 Å². The van der Waals surface area contributed by atoms with E-state index in [1.165, 1.54) is 18.4 Å². The molecule has 0 saturated heterocycles. The summed E-state index contributed by atoms with van der Waals surface area (Å²) in [5, 5.41) is 8.90. The summed E-state index contributed by atoms with van der Waals surface area (Å²) in [7, 11) is 0. The fourth-order valence-corrected chi connectivity index (χ4v) is 2.27. The van der Waals surface area contributed by atoms with Gasteiger partial charge in [-0.2, -0.15) is 0 Å². The van der Waals surface area contributed by atoms with Crippen molar-refractivity contribution in [3.05, 3.63) is 29.8 Å². The largest absolute Gasteiger partial charge is 0.481 e. The first kappa shape index (κ1) is 17.5. The second-order valence-corrected chi connectivity index (χ2v) is 6.08. The molecule has 0 bridgehead atoms. The Morgan fingerprint density at radius 3 is 2.38 bits per heavy atom. The molecule has 0 spiro atoms. The number of carbonyl (C=O) groups is 1. The first-order valence-corrected chi connectivity index (χ1v) is 8.08. The van der Waals surface area contributed by atoms with Crippen molar-refractivity contribution in [3.63, 3.8) is 0 Å². The lowest BCUT2D eigenvalue weighted by molar-refractivity contribution is -0.136. The smallest absolute Gasteiger partial charge is 0.305 e. The van der Waals surface area contributed by atoms with Crippen LogP contribution in [0.3, 0.4) is 0 Å². The van der Waals surface area contributed by atoms with Crippen molar-refractivity contribution < 1.29 is 9.90 Å². The molecular formula is C18H29NO2. The molecule has 1 rings (SSSR count). The molecule has 0 atom stereocenters. The van der Waals surface area contributed by atoms with Gasteiger partial charge in [0.1, 0.15) is 0 Å². The maximum Gasteiger partial charge on any atom is 0.305 e. The predicted molar refractivity (Wildman–Crippen MR) is 89.0 cm³/mol. The molecule has 0 aliphatic rings. The van der Waals surface area contributed by atoms with E-state index in [1.807, 2.05) is 0 Å². The first-order chi connectivity index (χ1) is 10.0. The summed E-state index contributed by atoms with van der Waals surface area (Å²) >= 11 is 0. The summed E-state index contributed by atoms with van der Waals surface area (Å²) in [6.07, 6.45) is 4.82. The Hall–Kier alpha value is -1.51. The van der Waals surface area contributed by atoms with Crippen LogP contribution in [-0.2, 0) is 11.2 Å². The number of carboxylic acids is 1. The number of hydrogen-bond acceptors (Lipinski definition) is 2. The number of aryl methyl sites for hydroxylation is 1. The number of carboxylic acid groups (broad SMARTS) is 1. The van der Waals surface area contributed by atoms with E-state index >= 15 is 0 Å². The average molecular weight is 291 g/mol. The highest BCUT2D eigenvalue weighted by Gasteiger charge is 2.09. The fraction of sp³-hybridized carbons (Fsp3) is 0.611. The molecule has 1 aromatic rings. The molecule has 0 aliphatic carbocycles. The lowest BCUT2D eigenvalue weighted by atomic mass is 10.1. The number of anilines is 1. The predicted octanol–water partition coefficient (Wildman–Crippen LogP) is 4.36. The lowest BCUT2D eigenvalue weighted by Gasteiger charge is -2.25. The highest BCUT2D eigenvalue weighted by Crippen LogP contribution is 2.18. The normalized spacial score (nSPS) is 10.9. The van der Waals surface area contributed by atoms with Crippen LogP contribution in [0, 0.1) is 5.92 Å². The van der Waals surface area contributed by atoms with Crippen LogP contribution in [0.5, 0.6) is 0 Å². The quantitative estimate of drug-likeness (QED) is 0.696. The highest BCUT2D eigenvalue weighted by atomic mass is 16.4. The number of aliphatic carboxylic acids is 1. The van der Waals surface area contributed by atoms with E-state index in [0.29, 0.717) is 12.5 Å². The zero-order chi connectivity index (χ0) is 15.7. The van der Waals surface area contributed by atoms with E-state index in [0.717, 1.165) is 25.1 Å². The van der Waals surface area contributed by atoms with Gasteiger partial charge >= 0.3 is 5.97 Å². The van der Waals surface area contributed by atoms with E-state index in [-0.39, 0.29) is 6.42 Å². The monoisotopic (exact) mass is 291 g/mol. The second kappa shape index (κ2) is 9.43. The minimum absolute atomic E-state index is 0.190. The zero-order valence-electron chi connectivity index (χ0n) is 13.6. The van der Waals surface area contributed by atoms with Crippen LogP contribution in [0.2, 0.25) is 0 Å². The first-order valence-electron chi connectivity index (χ1n) is 8.08. The Morgan fingerprint density at radius 2 is 1.86 bits per heavy atom. The van der Waals surface area contributed by atoms with Gasteiger partial charge in [0.2, 0.25) is 0 Å². The van der Waals surface area contributed by atoms with Crippen molar-refractivity contribution in [1.82, 2.24) is 0 Å². The van der Waals surface area contributed by atoms with Gasteiger partial charge in [-0.25, -0.2) is 0 Å². The average Bonchev–Trinajstić information content (AvgIpc) is 2.45. The van der Waals surface area contributed by atoms with Crippen LogP contribution in [0.15, 0.2) is 24.3 Å². The van der Waals surface area contributed by atoms with Crippen LogP contribution in [0.25, 0.3) is 0 Å². The van der Waals surface area contributed by atoms with E-state index in [1.54, 1.807) is 0 Å². The van der Waals surface area contributed by atoms with Crippen LogP contribution >= 0.6 is 0 Å². The molecule has 3 heteroatoms. The van der Waals surface area contributed by atoms with E-state index in [2.05, 4.69) is 49.9 Å². The second-order valence-electron chi connectivity index (χ2n) is 6.08. The zero-order valence-corrected chi connectivity index (χ0v) is 13.6. The summed E-state index contributed by atoms with van der Waals surface area (Å²) in [6.45, 7) is 8.09. The Balaban J connectivity index is 2.68. The molecular weight excluding hydrogens is 262 g/mol. The maximum atomic E-state index is 10.8. The topological polar surface area (TPSA) is 40.5 Å². The summed E-state index contributed by atoms with van der Waals surface area (Å²) in [4.78, 5) is 13.0. The molecule has 1 aromatic carbocycles. The Morgan fingerprint density at radius 1 is 1.19 bits per heavy atom. The van der Waals surface area contributed by atoms with Gasteiger partial charge in [0.05, 0.1) is 6.42 Å². The van der Waals surface area contributed by atoms with Crippen molar-refractivity contribution in [2.45, 2.75) is 52.9 Å². The minimum atomic E-state index is -0.732. The Bertz CT molecular complexity index is 412. The van der Waals surface area contributed by atoms with E-state index in [4.69, 9.17) is 5.11 Å². The third kappa shape index (κ3) is 7.16. The van der Waals surface area contributed by atoms with Gasteiger partial charge in [0.25, 0.3) is 0 Å². The van der Waals surface area contributed by atoms with Gasteiger partial charge in [0.15, 0.2) is 0 Å². The third-order valence-corrected chi connectivity index (χ3v) is 3.69. The highest BCUT2D eigenvalue weighted by molar-refractivity contribution is 5.67. The molecule has 21 heavy (non-hydrogen) atoms. The van der Waals surface area contributed by atoms with Crippen molar-refractivity contribution in [3.8, 4) is 0 Å². The Kier molecular flexibility index (Phi) is 7.88. The van der Waals surface area contributed by atoms with Gasteiger partial charge in [-0.1, -0.05) is 39.3 Å². The van der Waals surface area contributed by atoms with Crippen molar-refractivity contribution in [2.24, 2.45) is 5.92 Å².